The molecule has 1 aromatic rings. The molecular weight excluding hydrogens is 286 g/mol. The van der Waals surface area contributed by atoms with E-state index in [-0.39, 0.29) is 17.9 Å². The molecule has 0 spiro atoms. The molecule has 114 valence electrons. The van der Waals surface area contributed by atoms with Gasteiger partial charge in [-0.3, -0.25) is 9.69 Å². The summed E-state index contributed by atoms with van der Waals surface area (Å²) in [5, 5.41) is 3.52. The van der Waals surface area contributed by atoms with Crippen LogP contribution in [0.25, 0.3) is 0 Å². The van der Waals surface area contributed by atoms with Crippen molar-refractivity contribution in [3.63, 3.8) is 0 Å². The number of carbonyl (C=O) groups excluding carboxylic acids is 1. The average Bonchev–Trinajstić information content (AvgIpc) is 3.19. The lowest BCUT2D eigenvalue weighted by molar-refractivity contribution is 0.0937. The number of nitrogens with zero attached hydrogens (tertiary/aromatic N) is 2. The number of rotatable bonds is 4. The third-order valence-corrected chi connectivity index (χ3v) is 4.48. The fraction of sp³-hybridized carbons (Fsp3) is 0.625. The molecule has 0 bridgehead atoms. The summed E-state index contributed by atoms with van der Waals surface area (Å²) in [5.74, 6) is 0.218. The number of carbonyl (C=O) groups is 1. The van der Waals surface area contributed by atoms with Gasteiger partial charge in [0.25, 0.3) is 5.91 Å². The van der Waals surface area contributed by atoms with Gasteiger partial charge in [0.15, 0.2) is 0 Å². The molecule has 0 aromatic carbocycles. The van der Waals surface area contributed by atoms with E-state index in [1.165, 1.54) is 12.8 Å². The highest BCUT2D eigenvalue weighted by Crippen LogP contribution is 2.29. The van der Waals surface area contributed by atoms with Crippen LogP contribution >= 0.6 is 11.6 Å². The van der Waals surface area contributed by atoms with Crippen molar-refractivity contribution in [3.05, 3.63) is 28.5 Å². The number of halogens is 1. The van der Waals surface area contributed by atoms with Crippen molar-refractivity contribution < 1.29 is 4.79 Å². The lowest BCUT2D eigenvalue weighted by Crippen LogP contribution is -2.37. The smallest absolute Gasteiger partial charge is 0.251 e. The zero-order valence-electron chi connectivity index (χ0n) is 12.6. The van der Waals surface area contributed by atoms with Gasteiger partial charge in [-0.05, 0) is 37.3 Å². The number of likely N-dealkylation sites (tertiary alicyclic amines) is 1. The quantitative estimate of drug-likeness (QED) is 0.870. The molecule has 1 unspecified atom stereocenters. The van der Waals surface area contributed by atoms with Gasteiger partial charge in [-0.1, -0.05) is 25.4 Å². The Morgan fingerprint density at radius 3 is 2.81 bits per heavy atom. The van der Waals surface area contributed by atoms with Crippen LogP contribution in [0.1, 0.15) is 55.1 Å². The predicted octanol–water partition coefficient (Wildman–Crippen LogP) is 2.82. The van der Waals surface area contributed by atoms with Crippen molar-refractivity contribution in [1.82, 2.24) is 15.2 Å². The molecule has 1 aromatic heterocycles. The molecule has 1 aliphatic carbocycles. The van der Waals surface area contributed by atoms with Gasteiger partial charge in [0.2, 0.25) is 0 Å². The second-order valence-electron chi connectivity index (χ2n) is 6.44. The molecular formula is C16H22ClN3O. The summed E-state index contributed by atoms with van der Waals surface area (Å²) < 4.78 is 0. The van der Waals surface area contributed by atoms with Crippen LogP contribution in [0.4, 0.5) is 0 Å². The van der Waals surface area contributed by atoms with E-state index in [2.05, 4.69) is 15.2 Å². The number of aromatic nitrogens is 1. The summed E-state index contributed by atoms with van der Waals surface area (Å²) in [5.41, 5.74) is 1.47. The normalized spacial score (nSPS) is 22.8. The van der Waals surface area contributed by atoms with Crippen molar-refractivity contribution in [1.29, 1.82) is 0 Å². The maximum atomic E-state index is 12.4. The molecule has 2 heterocycles. The molecule has 1 amide bonds. The first-order valence-corrected chi connectivity index (χ1v) is 8.13. The summed E-state index contributed by atoms with van der Waals surface area (Å²) in [6.45, 7) is 6.17. The zero-order valence-corrected chi connectivity index (χ0v) is 13.4. The van der Waals surface area contributed by atoms with Gasteiger partial charge in [0.05, 0.1) is 0 Å². The summed E-state index contributed by atoms with van der Waals surface area (Å²) in [4.78, 5) is 19.2. The van der Waals surface area contributed by atoms with Gasteiger partial charge in [-0.2, -0.15) is 0 Å². The van der Waals surface area contributed by atoms with Crippen molar-refractivity contribution >= 4 is 17.5 Å². The maximum absolute atomic E-state index is 12.4. The third kappa shape index (κ3) is 3.55. The summed E-state index contributed by atoms with van der Waals surface area (Å²) >= 11 is 6.03. The Bertz CT molecular complexity index is 542. The first kappa shape index (κ1) is 14.8. The molecule has 2 fully saturated rings. The standard InChI is InChI=1S/C16H22ClN3O/c1-10(2)14-7-11(8-15(17)19-14)16(21)18-12-5-6-20(9-12)13-3-4-13/h7-8,10,12-13H,3-6,9H2,1-2H3,(H,18,21). The van der Waals surface area contributed by atoms with E-state index in [1.807, 2.05) is 19.9 Å². The highest BCUT2D eigenvalue weighted by atomic mass is 35.5. The minimum atomic E-state index is -0.0381. The van der Waals surface area contributed by atoms with Crippen LogP contribution in [0.3, 0.4) is 0 Å². The van der Waals surface area contributed by atoms with Gasteiger partial charge in [0, 0.05) is 36.4 Å². The van der Waals surface area contributed by atoms with E-state index in [0.29, 0.717) is 10.7 Å². The third-order valence-electron chi connectivity index (χ3n) is 4.29. The van der Waals surface area contributed by atoms with Crippen molar-refractivity contribution in [2.24, 2.45) is 0 Å². The molecule has 21 heavy (non-hydrogen) atoms. The van der Waals surface area contributed by atoms with E-state index in [9.17, 15) is 4.79 Å². The van der Waals surface area contributed by atoms with Gasteiger partial charge in [-0.15, -0.1) is 0 Å². The van der Waals surface area contributed by atoms with Gasteiger partial charge in [-0.25, -0.2) is 4.98 Å². The SMILES string of the molecule is CC(C)c1cc(C(=O)NC2CCN(C3CC3)C2)cc(Cl)n1. The highest BCUT2D eigenvalue weighted by molar-refractivity contribution is 6.29. The summed E-state index contributed by atoms with van der Waals surface area (Å²) in [6, 6.07) is 4.53. The van der Waals surface area contributed by atoms with Gasteiger partial charge >= 0.3 is 0 Å². The lowest BCUT2D eigenvalue weighted by atomic mass is 10.1. The van der Waals surface area contributed by atoms with Crippen molar-refractivity contribution in [3.8, 4) is 0 Å². The summed E-state index contributed by atoms with van der Waals surface area (Å²) in [6.07, 6.45) is 3.68. The minimum absolute atomic E-state index is 0.0381. The van der Waals surface area contributed by atoms with Crippen LogP contribution in [0.15, 0.2) is 12.1 Å². The molecule has 2 aliphatic rings. The molecule has 5 heteroatoms. The van der Waals surface area contributed by atoms with E-state index in [1.54, 1.807) is 6.07 Å². The molecule has 1 saturated carbocycles. The van der Waals surface area contributed by atoms with Crippen LogP contribution in [-0.4, -0.2) is 41.0 Å². The van der Waals surface area contributed by atoms with Gasteiger partial charge < -0.3 is 5.32 Å². The molecule has 3 rings (SSSR count). The van der Waals surface area contributed by atoms with Crippen LogP contribution in [0.2, 0.25) is 5.15 Å². The van der Waals surface area contributed by atoms with Gasteiger partial charge in [0.1, 0.15) is 5.15 Å². The second-order valence-corrected chi connectivity index (χ2v) is 6.83. The number of nitrogens with one attached hydrogen (secondary N) is 1. The van der Waals surface area contributed by atoms with E-state index in [4.69, 9.17) is 11.6 Å². The molecule has 4 nitrogen and oxygen atoms in total. The van der Waals surface area contributed by atoms with Crippen LogP contribution in [0.5, 0.6) is 0 Å². The molecule has 0 radical (unpaired) electrons. The fourth-order valence-corrected chi connectivity index (χ4v) is 3.10. The Balaban J connectivity index is 1.65. The Morgan fingerprint density at radius 2 is 2.14 bits per heavy atom. The second kappa shape index (κ2) is 5.93. The zero-order chi connectivity index (χ0) is 15.0. The highest BCUT2D eigenvalue weighted by Gasteiger charge is 2.34. The number of hydrogen-bond acceptors (Lipinski definition) is 3. The molecule has 1 N–H and O–H groups in total. The van der Waals surface area contributed by atoms with Crippen LogP contribution in [0, 0.1) is 0 Å². The topological polar surface area (TPSA) is 45.2 Å². The molecule has 1 saturated heterocycles. The maximum Gasteiger partial charge on any atom is 0.251 e. The van der Waals surface area contributed by atoms with Crippen molar-refractivity contribution in [2.75, 3.05) is 13.1 Å². The Labute approximate surface area is 130 Å². The average molecular weight is 308 g/mol. The first-order valence-electron chi connectivity index (χ1n) is 7.75. The molecule has 1 aliphatic heterocycles. The van der Waals surface area contributed by atoms with Crippen LogP contribution < -0.4 is 5.32 Å². The number of pyridine rings is 1. The Morgan fingerprint density at radius 1 is 1.38 bits per heavy atom. The Kier molecular flexibility index (Phi) is 4.18. The largest absolute Gasteiger partial charge is 0.348 e. The minimum Gasteiger partial charge on any atom is -0.348 e. The predicted molar refractivity (Wildman–Crippen MR) is 83.8 cm³/mol. The van der Waals surface area contributed by atoms with Crippen molar-refractivity contribution in [2.45, 2.75) is 51.1 Å². The Hall–Kier alpha value is -1.13. The number of amides is 1. The fourth-order valence-electron chi connectivity index (χ4n) is 2.89. The summed E-state index contributed by atoms with van der Waals surface area (Å²) in [7, 11) is 0. The first-order chi connectivity index (χ1) is 10.0. The van der Waals surface area contributed by atoms with E-state index < -0.39 is 0 Å². The van der Waals surface area contributed by atoms with E-state index in [0.717, 1.165) is 31.2 Å². The molecule has 1 atom stereocenters. The lowest BCUT2D eigenvalue weighted by Gasteiger charge is -2.16. The van der Waals surface area contributed by atoms with Crippen LogP contribution in [-0.2, 0) is 0 Å². The van der Waals surface area contributed by atoms with E-state index >= 15 is 0 Å². The monoisotopic (exact) mass is 307 g/mol. The number of hydrogen-bond donors (Lipinski definition) is 1.